The van der Waals surface area contributed by atoms with E-state index in [1.807, 2.05) is 13.8 Å². The van der Waals surface area contributed by atoms with Crippen LogP contribution in [0, 0.1) is 0 Å². The zero-order valence-electron chi connectivity index (χ0n) is 10.7. The van der Waals surface area contributed by atoms with Gasteiger partial charge in [-0.25, -0.2) is 13.1 Å². The first-order chi connectivity index (χ1) is 8.80. The fourth-order valence-corrected chi connectivity index (χ4v) is 5.20. The molecule has 0 aliphatic rings. The van der Waals surface area contributed by atoms with E-state index in [9.17, 15) is 8.42 Å². The molecule has 1 aromatic carbocycles. The van der Waals surface area contributed by atoms with Gasteiger partial charge in [0.15, 0.2) is 0 Å². The van der Waals surface area contributed by atoms with Gasteiger partial charge in [0.25, 0.3) is 0 Å². The normalized spacial score (nSPS) is 12.7. The van der Waals surface area contributed by atoms with Gasteiger partial charge in [0.2, 0.25) is 10.0 Å². The molecular formula is C12H16Br2ClNO2S. The molecule has 0 fully saturated rings. The molecule has 0 aliphatic heterocycles. The Bertz CT molecular complexity index is 536. The van der Waals surface area contributed by atoms with Gasteiger partial charge in [-0.1, -0.05) is 29.8 Å². The first-order valence-corrected chi connectivity index (χ1v) is 9.45. The highest BCUT2D eigenvalue weighted by Gasteiger charge is 2.32. The molecule has 0 saturated carbocycles. The molecule has 0 unspecified atom stereocenters. The summed E-state index contributed by atoms with van der Waals surface area (Å²) in [6, 6.07) is 5.03. The standard InChI is InChI=1S/C12H16Br2ClNO2S/c1-3-12(4-2,8-15)16-19(17,18)11-7-9(13)5-6-10(11)14/h5-7,16H,3-4,8H2,1-2H3. The van der Waals surface area contributed by atoms with Crippen molar-refractivity contribution < 1.29 is 8.42 Å². The second-order valence-electron chi connectivity index (χ2n) is 4.30. The molecule has 7 heteroatoms. The van der Waals surface area contributed by atoms with Crippen LogP contribution in [0.5, 0.6) is 0 Å². The quantitative estimate of drug-likeness (QED) is 0.681. The molecule has 0 aliphatic carbocycles. The number of hydrogen-bond acceptors (Lipinski definition) is 2. The zero-order chi connectivity index (χ0) is 14.7. The first-order valence-electron chi connectivity index (χ1n) is 5.85. The molecule has 0 spiro atoms. The summed E-state index contributed by atoms with van der Waals surface area (Å²) in [5.41, 5.74) is -0.609. The third-order valence-electron chi connectivity index (χ3n) is 3.14. The Morgan fingerprint density at radius 3 is 2.32 bits per heavy atom. The van der Waals surface area contributed by atoms with Crippen LogP contribution >= 0.6 is 43.5 Å². The maximum absolute atomic E-state index is 12.5. The van der Waals surface area contributed by atoms with E-state index in [1.165, 1.54) is 0 Å². The van der Waals surface area contributed by atoms with Crippen molar-refractivity contribution in [2.24, 2.45) is 0 Å². The number of nitrogens with one attached hydrogen (secondary N) is 1. The predicted molar refractivity (Wildman–Crippen MR) is 86.2 cm³/mol. The minimum absolute atomic E-state index is 0.207. The molecule has 0 bridgehead atoms. The summed E-state index contributed by atoms with van der Waals surface area (Å²) in [5, 5.41) is 0. The highest BCUT2D eigenvalue weighted by atomic mass is 79.9. The highest BCUT2D eigenvalue weighted by Crippen LogP contribution is 2.28. The van der Waals surface area contributed by atoms with E-state index in [-0.39, 0.29) is 10.8 Å². The van der Waals surface area contributed by atoms with E-state index < -0.39 is 15.6 Å². The van der Waals surface area contributed by atoms with Gasteiger partial charge in [-0.2, -0.15) is 0 Å². The number of benzene rings is 1. The lowest BCUT2D eigenvalue weighted by Gasteiger charge is -2.30. The van der Waals surface area contributed by atoms with E-state index in [4.69, 9.17) is 11.6 Å². The van der Waals surface area contributed by atoms with Crippen molar-refractivity contribution in [1.29, 1.82) is 0 Å². The van der Waals surface area contributed by atoms with Gasteiger partial charge >= 0.3 is 0 Å². The second kappa shape index (κ2) is 6.89. The van der Waals surface area contributed by atoms with Crippen LogP contribution in [-0.4, -0.2) is 19.8 Å². The summed E-state index contributed by atoms with van der Waals surface area (Å²) >= 11 is 12.5. The van der Waals surface area contributed by atoms with E-state index in [0.717, 1.165) is 0 Å². The third kappa shape index (κ3) is 4.17. The molecule has 0 atom stereocenters. The van der Waals surface area contributed by atoms with Crippen molar-refractivity contribution in [2.75, 3.05) is 5.88 Å². The van der Waals surface area contributed by atoms with E-state index in [2.05, 4.69) is 36.6 Å². The van der Waals surface area contributed by atoms with Crippen LogP contribution in [0.1, 0.15) is 26.7 Å². The van der Waals surface area contributed by atoms with Crippen LogP contribution in [0.25, 0.3) is 0 Å². The van der Waals surface area contributed by atoms with Crippen molar-refractivity contribution in [3.05, 3.63) is 27.1 Å². The van der Waals surface area contributed by atoms with Crippen LogP contribution in [0.4, 0.5) is 0 Å². The van der Waals surface area contributed by atoms with Crippen molar-refractivity contribution in [3.8, 4) is 0 Å². The number of hydrogen-bond donors (Lipinski definition) is 1. The van der Waals surface area contributed by atoms with E-state index in [0.29, 0.717) is 21.8 Å². The summed E-state index contributed by atoms with van der Waals surface area (Å²) < 4.78 is 28.9. The third-order valence-corrected chi connectivity index (χ3v) is 6.72. The van der Waals surface area contributed by atoms with Crippen LogP contribution in [-0.2, 0) is 10.0 Å². The molecule has 0 aromatic heterocycles. The molecule has 3 nitrogen and oxygen atoms in total. The summed E-state index contributed by atoms with van der Waals surface area (Å²) in [4.78, 5) is 0.207. The smallest absolute Gasteiger partial charge is 0.207 e. The number of sulfonamides is 1. The topological polar surface area (TPSA) is 46.2 Å². The Morgan fingerprint density at radius 1 is 1.26 bits per heavy atom. The van der Waals surface area contributed by atoms with Crippen molar-refractivity contribution in [3.63, 3.8) is 0 Å². The van der Waals surface area contributed by atoms with Gasteiger partial charge in [-0.3, -0.25) is 0 Å². The Kier molecular flexibility index (Phi) is 6.32. The molecule has 1 aromatic rings. The Morgan fingerprint density at radius 2 is 1.84 bits per heavy atom. The van der Waals surface area contributed by atoms with E-state index in [1.54, 1.807) is 18.2 Å². The molecule has 0 amide bonds. The summed E-state index contributed by atoms with van der Waals surface area (Å²) in [7, 11) is -3.62. The van der Waals surface area contributed by atoms with Gasteiger partial charge in [0.05, 0.1) is 4.90 Å². The molecule has 0 radical (unpaired) electrons. The van der Waals surface area contributed by atoms with Gasteiger partial charge in [-0.15, -0.1) is 11.6 Å². The minimum atomic E-state index is -3.62. The monoisotopic (exact) mass is 431 g/mol. The van der Waals surface area contributed by atoms with Gasteiger partial charge in [0.1, 0.15) is 0 Å². The molecular weight excluding hydrogens is 417 g/mol. The number of alkyl halides is 1. The number of halogens is 3. The molecule has 0 saturated heterocycles. The summed E-state index contributed by atoms with van der Waals surface area (Å²) in [6.07, 6.45) is 1.27. The average Bonchev–Trinajstić information content (AvgIpc) is 2.39. The van der Waals surface area contributed by atoms with Gasteiger partial charge < -0.3 is 0 Å². The lowest BCUT2D eigenvalue weighted by Crippen LogP contribution is -2.49. The Labute approximate surface area is 136 Å². The van der Waals surface area contributed by atoms with Crippen LogP contribution < -0.4 is 4.72 Å². The van der Waals surface area contributed by atoms with Crippen LogP contribution in [0.2, 0.25) is 0 Å². The molecule has 108 valence electrons. The Balaban J connectivity index is 3.21. The Hall–Kier alpha value is 0.380. The summed E-state index contributed by atoms with van der Waals surface area (Å²) in [5.74, 6) is 0.241. The molecule has 19 heavy (non-hydrogen) atoms. The largest absolute Gasteiger partial charge is 0.242 e. The van der Waals surface area contributed by atoms with E-state index >= 15 is 0 Å². The molecule has 1 N–H and O–H groups in total. The predicted octanol–water partition coefficient (Wildman–Crippen LogP) is 4.29. The lowest BCUT2D eigenvalue weighted by atomic mass is 9.97. The molecule has 0 heterocycles. The zero-order valence-corrected chi connectivity index (χ0v) is 15.5. The van der Waals surface area contributed by atoms with Crippen molar-refractivity contribution in [2.45, 2.75) is 37.1 Å². The average molecular weight is 434 g/mol. The number of rotatable bonds is 6. The maximum Gasteiger partial charge on any atom is 0.242 e. The van der Waals surface area contributed by atoms with Gasteiger partial charge in [-0.05, 0) is 47.0 Å². The van der Waals surface area contributed by atoms with Crippen LogP contribution in [0.15, 0.2) is 32.0 Å². The molecule has 1 rings (SSSR count). The first kappa shape index (κ1) is 17.4. The second-order valence-corrected chi connectivity index (χ2v) is 7.99. The fourth-order valence-electron chi connectivity index (χ4n) is 1.63. The SMILES string of the molecule is CCC(CC)(CCl)NS(=O)(=O)c1cc(Br)ccc1Br. The fraction of sp³-hybridized carbons (Fsp3) is 0.500. The van der Waals surface area contributed by atoms with Crippen molar-refractivity contribution in [1.82, 2.24) is 4.72 Å². The van der Waals surface area contributed by atoms with Gasteiger partial charge in [0, 0.05) is 20.4 Å². The maximum atomic E-state index is 12.5. The highest BCUT2D eigenvalue weighted by molar-refractivity contribution is 9.11. The van der Waals surface area contributed by atoms with Crippen LogP contribution in [0.3, 0.4) is 0 Å². The lowest BCUT2D eigenvalue weighted by molar-refractivity contribution is 0.394. The van der Waals surface area contributed by atoms with Crippen molar-refractivity contribution >= 4 is 53.5 Å². The summed E-state index contributed by atoms with van der Waals surface area (Å²) in [6.45, 7) is 3.84. The minimum Gasteiger partial charge on any atom is -0.207 e.